The van der Waals surface area contributed by atoms with Crippen molar-refractivity contribution in [2.75, 3.05) is 19.0 Å². The van der Waals surface area contributed by atoms with Crippen molar-refractivity contribution in [2.24, 2.45) is 11.3 Å². The number of anilines is 1. The first kappa shape index (κ1) is 35.5. The van der Waals surface area contributed by atoms with E-state index in [0.717, 1.165) is 11.1 Å². The number of para-hydroxylation sites is 1. The minimum Gasteiger partial charge on any atom is -0.494 e. The van der Waals surface area contributed by atoms with Gasteiger partial charge in [-0.25, -0.2) is 13.4 Å². The number of benzene rings is 2. The SMILES string of the molecule is C=C[C@@H]1C[C@]1(NC(=O)[C@@H]1C[C@@H](Oc2ncc(OC)c3ccc(Cl)cc23)CN1C(=O)[C@H](Nc1ccccc1)C(C)(C)C)C(=O)NS(=O)(=O)C1CC1. The summed E-state index contributed by atoms with van der Waals surface area (Å²) in [5.41, 5.74) is -1.36. The zero-order valence-corrected chi connectivity index (χ0v) is 30.0. The van der Waals surface area contributed by atoms with Gasteiger partial charge >= 0.3 is 0 Å². The van der Waals surface area contributed by atoms with Crippen LogP contribution in [0.2, 0.25) is 5.02 Å². The second-order valence-electron chi connectivity index (χ2n) is 14.3. The highest BCUT2D eigenvalue weighted by molar-refractivity contribution is 7.91. The van der Waals surface area contributed by atoms with Crippen LogP contribution in [-0.4, -0.2) is 78.7 Å². The maximum atomic E-state index is 14.6. The van der Waals surface area contributed by atoms with E-state index in [4.69, 9.17) is 21.1 Å². The van der Waals surface area contributed by atoms with E-state index < -0.39 is 62.1 Å². The highest BCUT2D eigenvalue weighted by Crippen LogP contribution is 2.46. The summed E-state index contributed by atoms with van der Waals surface area (Å²) in [6, 6.07) is 12.8. The Morgan fingerprint density at radius 2 is 1.84 bits per heavy atom. The Labute approximate surface area is 297 Å². The zero-order valence-electron chi connectivity index (χ0n) is 28.4. The molecule has 2 aromatic carbocycles. The minimum absolute atomic E-state index is 0.0376. The number of hydrogen-bond donors (Lipinski definition) is 3. The molecular weight excluding hydrogens is 682 g/mol. The van der Waals surface area contributed by atoms with Gasteiger partial charge < -0.3 is 25.0 Å². The Balaban J connectivity index is 1.31. The summed E-state index contributed by atoms with van der Waals surface area (Å²) in [6.07, 6.45) is 3.59. The zero-order chi connectivity index (χ0) is 36.0. The van der Waals surface area contributed by atoms with Gasteiger partial charge in [0.2, 0.25) is 27.7 Å². The van der Waals surface area contributed by atoms with Gasteiger partial charge in [-0.05, 0) is 55.0 Å². The van der Waals surface area contributed by atoms with E-state index in [1.807, 2.05) is 51.1 Å². The number of fused-ring (bicyclic) bond motifs is 1. The summed E-state index contributed by atoms with van der Waals surface area (Å²) in [5, 5.41) is 7.35. The number of rotatable bonds is 12. The molecule has 1 aliphatic heterocycles. The van der Waals surface area contributed by atoms with E-state index in [0.29, 0.717) is 29.0 Å². The van der Waals surface area contributed by atoms with Gasteiger partial charge in [0.1, 0.15) is 29.5 Å². The first-order valence-corrected chi connectivity index (χ1v) is 18.5. The van der Waals surface area contributed by atoms with Crippen molar-refractivity contribution in [2.45, 2.75) is 75.4 Å². The number of nitrogens with one attached hydrogen (secondary N) is 3. The molecule has 2 aliphatic carbocycles. The number of pyridine rings is 1. The molecule has 5 atom stereocenters. The molecule has 3 aromatic rings. The minimum atomic E-state index is -3.87. The summed E-state index contributed by atoms with van der Waals surface area (Å²) in [4.78, 5) is 48.2. The molecule has 1 aromatic heterocycles. The number of nitrogens with zero attached hydrogens (tertiary/aromatic N) is 2. The molecule has 3 amide bonds. The Kier molecular flexibility index (Phi) is 9.51. The monoisotopic (exact) mass is 723 g/mol. The fraction of sp³-hybridized carbons (Fsp3) is 0.444. The lowest BCUT2D eigenvalue weighted by Crippen LogP contribution is -2.58. The van der Waals surface area contributed by atoms with Gasteiger partial charge in [0, 0.05) is 33.8 Å². The molecule has 2 heterocycles. The summed E-state index contributed by atoms with van der Waals surface area (Å²) in [5.74, 6) is -1.45. The largest absolute Gasteiger partial charge is 0.494 e. The van der Waals surface area contributed by atoms with Crippen LogP contribution in [0.3, 0.4) is 0 Å². The molecular formula is C36H42ClN5O7S. The lowest BCUT2D eigenvalue weighted by atomic mass is 9.85. The average Bonchev–Trinajstić information content (AvgIpc) is 4.00. The number of carbonyl (C=O) groups excluding carboxylic acids is 3. The Hall–Kier alpha value is -4.36. The van der Waals surface area contributed by atoms with Crippen molar-refractivity contribution >= 4 is 55.8 Å². The number of sulfonamides is 1. The number of methoxy groups -OCH3 is 1. The third-order valence-corrected chi connectivity index (χ3v) is 11.6. The second-order valence-corrected chi connectivity index (χ2v) is 16.7. The van der Waals surface area contributed by atoms with E-state index in [1.165, 1.54) is 24.3 Å². The van der Waals surface area contributed by atoms with Crippen LogP contribution < -0.4 is 24.8 Å². The van der Waals surface area contributed by atoms with Crippen LogP contribution in [-0.2, 0) is 24.4 Å². The van der Waals surface area contributed by atoms with Crippen LogP contribution in [0.15, 0.2) is 67.4 Å². The number of ether oxygens (including phenoxy) is 2. The van der Waals surface area contributed by atoms with Crippen LogP contribution in [0, 0.1) is 11.3 Å². The predicted octanol–water partition coefficient (Wildman–Crippen LogP) is 4.44. The molecule has 50 heavy (non-hydrogen) atoms. The number of hydrogen-bond acceptors (Lipinski definition) is 9. The molecule has 12 nitrogen and oxygen atoms in total. The maximum Gasteiger partial charge on any atom is 0.259 e. The number of carbonyl (C=O) groups is 3. The molecule has 3 N–H and O–H groups in total. The van der Waals surface area contributed by atoms with Crippen LogP contribution in [0.25, 0.3) is 10.8 Å². The predicted molar refractivity (Wildman–Crippen MR) is 190 cm³/mol. The number of aromatic nitrogens is 1. The van der Waals surface area contributed by atoms with Gasteiger partial charge in [0.05, 0.1) is 25.1 Å². The van der Waals surface area contributed by atoms with Crippen molar-refractivity contribution in [3.05, 3.63) is 72.4 Å². The average molecular weight is 724 g/mol. The van der Waals surface area contributed by atoms with Gasteiger partial charge in [-0.1, -0.05) is 56.6 Å². The first-order chi connectivity index (χ1) is 23.7. The van der Waals surface area contributed by atoms with Crippen molar-refractivity contribution in [3.63, 3.8) is 0 Å². The fourth-order valence-corrected chi connectivity index (χ4v) is 8.02. The Bertz CT molecular complexity index is 1930. The van der Waals surface area contributed by atoms with Crippen LogP contribution in [0.4, 0.5) is 5.69 Å². The number of halogens is 1. The van der Waals surface area contributed by atoms with E-state index in [2.05, 4.69) is 26.9 Å². The standard InChI is InChI=1S/C36H42ClN5O7S/c1-6-21-18-36(21,34(45)41-50(46,47)25-13-14-25)40-31(43)28-17-24(49-32-27-16-22(37)12-15-26(27)29(48-5)19-38-32)20-42(28)33(44)30(35(2,3)4)39-23-10-8-7-9-11-23/h6-12,15-16,19,21,24-25,28,30,39H,1,13-14,17-18,20H2,2-5H3,(H,40,43)(H,41,45)/t21-,24-,28+,30+,36-/m1/s1. The Morgan fingerprint density at radius 3 is 2.46 bits per heavy atom. The molecule has 0 radical (unpaired) electrons. The van der Waals surface area contributed by atoms with Gasteiger partial charge in [0.25, 0.3) is 5.91 Å². The van der Waals surface area contributed by atoms with Crippen molar-refractivity contribution < 1.29 is 32.3 Å². The van der Waals surface area contributed by atoms with Crippen LogP contribution in [0.1, 0.15) is 46.5 Å². The first-order valence-electron chi connectivity index (χ1n) is 16.6. The molecule has 2 saturated carbocycles. The van der Waals surface area contributed by atoms with Gasteiger partial charge in [-0.3, -0.25) is 19.1 Å². The van der Waals surface area contributed by atoms with Crippen molar-refractivity contribution in [1.82, 2.24) is 19.9 Å². The Morgan fingerprint density at radius 1 is 1.12 bits per heavy atom. The number of likely N-dealkylation sites (tertiary alicyclic amines) is 1. The molecule has 3 aliphatic rings. The lowest BCUT2D eigenvalue weighted by Gasteiger charge is -2.36. The number of amides is 3. The topological polar surface area (TPSA) is 156 Å². The summed E-state index contributed by atoms with van der Waals surface area (Å²) in [6.45, 7) is 9.62. The third-order valence-electron chi connectivity index (χ3n) is 9.57. The van der Waals surface area contributed by atoms with Gasteiger partial charge in [-0.2, -0.15) is 0 Å². The molecule has 1 saturated heterocycles. The summed E-state index contributed by atoms with van der Waals surface area (Å²) in [7, 11) is -2.33. The van der Waals surface area contributed by atoms with Gasteiger partial charge in [-0.15, -0.1) is 6.58 Å². The van der Waals surface area contributed by atoms with Gasteiger partial charge in [0.15, 0.2) is 0 Å². The molecule has 0 spiro atoms. The third kappa shape index (κ3) is 7.11. The molecule has 266 valence electrons. The highest BCUT2D eigenvalue weighted by atomic mass is 35.5. The van der Waals surface area contributed by atoms with E-state index in [9.17, 15) is 22.8 Å². The van der Waals surface area contributed by atoms with Crippen LogP contribution >= 0.6 is 11.6 Å². The smallest absolute Gasteiger partial charge is 0.259 e. The normalized spacial score (nSPS) is 23.9. The fourth-order valence-electron chi connectivity index (χ4n) is 6.49. The molecule has 0 bridgehead atoms. The van der Waals surface area contributed by atoms with E-state index >= 15 is 0 Å². The lowest BCUT2D eigenvalue weighted by molar-refractivity contribution is -0.141. The second kappa shape index (κ2) is 13.4. The molecule has 6 rings (SSSR count). The quantitative estimate of drug-likeness (QED) is 0.230. The molecule has 14 heteroatoms. The summed E-state index contributed by atoms with van der Waals surface area (Å²) >= 11 is 6.34. The highest BCUT2D eigenvalue weighted by Gasteiger charge is 2.62. The maximum absolute atomic E-state index is 14.6. The van der Waals surface area contributed by atoms with Crippen molar-refractivity contribution in [1.29, 1.82) is 0 Å². The van der Waals surface area contributed by atoms with Crippen molar-refractivity contribution in [3.8, 4) is 11.6 Å². The van der Waals surface area contributed by atoms with E-state index in [1.54, 1.807) is 18.2 Å². The van der Waals surface area contributed by atoms with E-state index in [-0.39, 0.29) is 31.2 Å². The summed E-state index contributed by atoms with van der Waals surface area (Å²) < 4.78 is 39.4. The molecule has 0 unspecified atom stereocenters. The molecule has 3 fully saturated rings. The van der Waals surface area contributed by atoms with Crippen LogP contribution in [0.5, 0.6) is 11.6 Å².